The van der Waals surface area contributed by atoms with Crippen molar-refractivity contribution in [3.05, 3.63) is 71.8 Å². The Morgan fingerprint density at radius 3 is 2.32 bits per heavy atom. The Labute approximate surface area is 223 Å². The van der Waals surface area contributed by atoms with Crippen LogP contribution in [0.1, 0.15) is 51.3 Å². The molecule has 8 heteroatoms. The fourth-order valence-electron chi connectivity index (χ4n) is 7.00. The second-order valence-corrected chi connectivity index (χ2v) is 11.4. The van der Waals surface area contributed by atoms with Gasteiger partial charge in [-0.25, -0.2) is 0 Å². The molecule has 3 aliphatic heterocycles. The highest BCUT2D eigenvalue weighted by Gasteiger charge is 2.80. The number of likely N-dealkylation sites (tertiary alicyclic amines) is 1. The molecular formula is C30H37N3O5. The van der Waals surface area contributed by atoms with Gasteiger partial charge < -0.3 is 25.4 Å². The molecule has 8 nitrogen and oxygen atoms in total. The summed E-state index contributed by atoms with van der Waals surface area (Å²) in [6.07, 6.45) is 0.474. The van der Waals surface area contributed by atoms with Gasteiger partial charge in [0.25, 0.3) is 0 Å². The van der Waals surface area contributed by atoms with E-state index >= 15 is 0 Å². The van der Waals surface area contributed by atoms with Crippen molar-refractivity contribution in [2.75, 3.05) is 6.61 Å². The van der Waals surface area contributed by atoms with Crippen molar-refractivity contribution in [1.29, 1.82) is 0 Å². The van der Waals surface area contributed by atoms with E-state index in [1.54, 1.807) is 0 Å². The summed E-state index contributed by atoms with van der Waals surface area (Å²) in [7, 11) is 0. The third-order valence-electron chi connectivity index (χ3n) is 8.72. The van der Waals surface area contributed by atoms with E-state index in [0.717, 1.165) is 11.1 Å². The number of fused-ring (bicyclic) bond motifs is 1. The maximum absolute atomic E-state index is 14.4. The molecule has 1 spiro atoms. The van der Waals surface area contributed by atoms with Crippen molar-refractivity contribution in [3.63, 3.8) is 0 Å². The second kappa shape index (κ2) is 9.82. The van der Waals surface area contributed by atoms with Crippen LogP contribution in [0.5, 0.6) is 0 Å². The molecule has 0 aliphatic carbocycles. The zero-order valence-corrected chi connectivity index (χ0v) is 22.4. The highest BCUT2D eigenvalue weighted by Crippen LogP contribution is 2.65. The van der Waals surface area contributed by atoms with Gasteiger partial charge in [0.1, 0.15) is 11.6 Å². The van der Waals surface area contributed by atoms with Crippen LogP contribution >= 0.6 is 0 Å². The van der Waals surface area contributed by atoms with Crippen LogP contribution in [0.2, 0.25) is 0 Å². The Morgan fingerprint density at radius 2 is 1.71 bits per heavy atom. The summed E-state index contributed by atoms with van der Waals surface area (Å²) in [6.45, 7) is 7.62. The van der Waals surface area contributed by atoms with E-state index in [0.29, 0.717) is 13.0 Å². The summed E-state index contributed by atoms with van der Waals surface area (Å²) in [5.74, 6) is -2.57. The lowest BCUT2D eigenvalue weighted by Crippen LogP contribution is -2.57. The molecule has 3 amide bonds. The van der Waals surface area contributed by atoms with Gasteiger partial charge in [0.15, 0.2) is 0 Å². The van der Waals surface area contributed by atoms with E-state index in [4.69, 9.17) is 4.74 Å². The number of nitrogens with zero attached hydrogens (tertiary/aromatic N) is 1. The molecule has 3 N–H and O–H groups in total. The second-order valence-electron chi connectivity index (χ2n) is 11.4. The lowest BCUT2D eigenvalue weighted by Gasteiger charge is -2.37. The van der Waals surface area contributed by atoms with E-state index < -0.39 is 35.1 Å². The van der Waals surface area contributed by atoms with Crippen LogP contribution in [0.3, 0.4) is 0 Å². The molecule has 3 unspecified atom stereocenters. The van der Waals surface area contributed by atoms with E-state index in [2.05, 4.69) is 10.6 Å². The number of ether oxygens (including phenoxy) is 1. The first kappa shape index (κ1) is 26.4. The molecule has 38 heavy (non-hydrogen) atoms. The first-order valence-corrected chi connectivity index (χ1v) is 13.4. The highest BCUT2D eigenvalue weighted by molar-refractivity contribution is 5.99. The van der Waals surface area contributed by atoms with Crippen molar-refractivity contribution >= 4 is 17.7 Å². The molecule has 5 rings (SSSR count). The number of amides is 3. The SMILES string of the molecule is CC(C)NC(=O)C1N([C@H](CO)c2ccccc2)C(=O)[C@@H]2[C@H](C(=O)NCc3ccccc3)[C@@]3(C)OC12CC3C. The maximum atomic E-state index is 14.4. The van der Waals surface area contributed by atoms with Crippen molar-refractivity contribution in [3.8, 4) is 0 Å². The summed E-state index contributed by atoms with van der Waals surface area (Å²) < 4.78 is 6.75. The number of carbonyl (C=O) groups is 3. The van der Waals surface area contributed by atoms with Crippen molar-refractivity contribution < 1.29 is 24.2 Å². The summed E-state index contributed by atoms with van der Waals surface area (Å²) in [5.41, 5.74) is -0.386. The molecule has 2 bridgehead atoms. The smallest absolute Gasteiger partial charge is 0.246 e. The third kappa shape index (κ3) is 4.01. The monoisotopic (exact) mass is 519 g/mol. The van der Waals surface area contributed by atoms with E-state index in [-0.39, 0.29) is 36.3 Å². The molecular weight excluding hydrogens is 482 g/mol. The highest BCUT2D eigenvalue weighted by atomic mass is 16.5. The van der Waals surface area contributed by atoms with Gasteiger partial charge in [-0.05, 0) is 44.2 Å². The molecule has 0 saturated carbocycles. The summed E-state index contributed by atoms with van der Waals surface area (Å²) in [6, 6.07) is 16.9. The van der Waals surface area contributed by atoms with Crippen LogP contribution in [0, 0.1) is 17.8 Å². The number of aliphatic hydroxyl groups is 1. The quantitative estimate of drug-likeness (QED) is 0.497. The normalized spacial score (nSPS) is 32.4. The fraction of sp³-hybridized carbons (Fsp3) is 0.500. The lowest BCUT2D eigenvalue weighted by atomic mass is 9.62. The minimum absolute atomic E-state index is 0.0578. The maximum Gasteiger partial charge on any atom is 0.246 e. The van der Waals surface area contributed by atoms with Crippen LogP contribution < -0.4 is 10.6 Å². The number of hydrogen-bond donors (Lipinski definition) is 3. The summed E-state index contributed by atoms with van der Waals surface area (Å²) >= 11 is 0. The molecule has 0 aromatic heterocycles. The molecule has 3 heterocycles. The van der Waals surface area contributed by atoms with Crippen molar-refractivity contribution in [2.24, 2.45) is 17.8 Å². The first-order chi connectivity index (χ1) is 18.1. The molecule has 3 fully saturated rings. The molecule has 2 aromatic rings. The van der Waals surface area contributed by atoms with Gasteiger partial charge in [-0.15, -0.1) is 0 Å². The van der Waals surface area contributed by atoms with Crippen LogP contribution in [0.15, 0.2) is 60.7 Å². The van der Waals surface area contributed by atoms with Gasteiger partial charge in [-0.2, -0.15) is 0 Å². The standard InChI is InChI=1S/C30H37N3O5/c1-18(2)32-27(36)25-30-15-19(3)29(4,38-30)23(26(35)31-16-20-11-7-5-8-12-20)24(30)28(37)33(25)22(17-34)21-13-9-6-10-14-21/h5-14,18-19,22-25,34H,15-17H2,1-4H3,(H,31,35)(H,32,36)/t19?,22-,23-,24+,25?,29+,30?/m1/s1. The van der Waals surface area contributed by atoms with Crippen LogP contribution in [-0.4, -0.2) is 57.6 Å². The van der Waals surface area contributed by atoms with Gasteiger partial charge in [0.05, 0.1) is 30.1 Å². The summed E-state index contributed by atoms with van der Waals surface area (Å²) in [5, 5.41) is 16.5. The Hall–Kier alpha value is -3.23. The van der Waals surface area contributed by atoms with Gasteiger partial charge in [-0.3, -0.25) is 14.4 Å². The number of hydrogen-bond acceptors (Lipinski definition) is 5. The fourth-order valence-corrected chi connectivity index (χ4v) is 7.00. The van der Waals surface area contributed by atoms with E-state index in [1.807, 2.05) is 88.4 Å². The number of benzene rings is 2. The Morgan fingerprint density at radius 1 is 1.08 bits per heavy atom. The van der Waals surface area contributed by atoms with E-state index in [1.165, 1.54) is 4.90 Å². The van der Waals surface area contributed by atoms with Crippen LogP contribution in [-0.2, 0) is 25.7 Å². The van der Waals surface area contributed by atoms with Crippen molar-refractivity contribution in [1.82, 2.24) is 15.5 Å². The van der Waals surface area contributed by atoms with Gasteiger partial charge >= 0.3 is 0 Å². The Balaban J connectivity index is 1.56. The largest absolute Gasteiger partial charge is 0.394 e. The Bertz CT molecular complexity index is 1200. The van der Waals surface area contributed by atoms with Crippen LogP contribution in [0.4, 0.5) is 0 Å². The number of carbonyl (C=O) groups excluding carboxylic acids is 3. The molecule has 2 aromatic carbocycles. The average Bonchev–Trinajstić information content (AvgIpc) is 3.41. The average molecular weight is 520 g/mol. The zero-order chi connectivity index (χ0) is 27.2. The molecule has 0 radical (unpaired) electrons. The molecule has 7 atom stereocenters. The van der Waals surface area contributed by atoms with E-state index in [9.17, 15) is 19.5 Å². The topological polar surface area (TPSA) is 108 Å². The zero-order valence-electron chi connectivity index (χ0n) is 22.4. The van der Waals surface area contributed by atoms with Gasteiger partial charge in [0, 0.05) is 12.6 Å². The predicted molar refractivity (Wildman–Crippen MR) is 141 cm³/mol. The van der Waals surface area contributed by atoms with Gasteiger partial charge in [-0.1, -0.05) is 67.6 Å². The molecule has 3 saturated heterocycles. The predicted octanol–water partition coefficient (Wildman–Crippen LogP) is 2.57. The molecule has 202 valence electrons. The first-order valence-electron chi connectivity index (χ1n) is 13.4. The van der Waals surface area contributed by atoms with Crippen molar-refractivity contribution in [2.45, 2.75) is 70.0 Å². The molecule has 3 aliphatic rings. The number of rotatable bonds is 8. The third-order valence-corrected chi connectivity index (χ3v) is 8.72. The summed E-state index contributed by atoms with van der Waals surface area (Å²) in [4.78, 5) is 43.5. The number of nitrogens with one attached hydrogen (secondary N) is 2. The Kier molecular flexibility index (Phi) is 6.82. The minimum Gasteiger partial charge on any atom is -0.394 e. The van der Waals surface area contributed by atoms with Crippen LogP contribution in [0.25, 0.3) is 0 Å². The minimum atomic E-state index is -1.17. The lowest BCUT2D eigenvalue weighted by molar-refractivity contribution is -0.151. The van der Waals surface area contributed by atoms with Gasteiger partial charge in [0.2, 0.25) is 17.7 Å². The number of aliphatic hydroxyl groups excluding tert-OH is 1.